The molecule has 0 amide bonds. The van der Waals surface area contributed by atoms with Gasteiger partial charge in [0, 0.05) is 0 Å². The normalized spacial score (nSPS) is 22.2. The molecule has 0 aromatic rings. The number of ether oxygens (including phenoxy) is 1. The number of unbranched alkanes of at least 4 members (excludes halogenated alkanes) is 10. The molecule has 1 saturated heterocycles. The van der Waals surface area contributed by atoms with Crippen LogP contribution in [0, 0.1) is 0 Å². The predicted molar refractivity (Wildman–Crippen MR) is 81.3 cm³/mol. The molecule has 1 N–H and O–H groups in total. The van der Waals surface area contributed by atoms with Crippen molar-refractivity contribution in [2.75, 3.05) is 6.61 Å². The molecule has 0 spiro atoms. The maximum atomic E-state index is 8.81. The zero-order valence-corrected chi connectivity index (χ0v) is 12.7. The van der Waals surface area contributed by atoms with Crippen molar-refractivity contribution in [1.29, 1.82) is 0 Å². The summed E-state index contributed by atoms with van der Waals surface area (Å²) in [6, 6.07) is 0. The van der Waals surface area contributed by atoms with Crippen LogP contribution in [0.1, 0.15) is 77.6 Å². The third-order valence-electron chi connectivity index (χ3n) is 3.85. The van der Waals surface area contributed by atoms with E-state index in [1.54, 1.807) is 0 Å². The van der Waals surface area contributed by atoms with Gasteiger partial charge in [0.05, 0.1) is 6.61 Å². The average Bonchev–Trinajstić information content (AvgIpc) is 3.19. The number of epoxide rings is 1. The Morgan fingerprint density at radius 2 is 1.47 bits per heavy atom. The van der Waals surface area contributed by atoms with Crippen molar-refractivity contribution in [3.05, 3.63) is 12.2 Å². The third-order valence-corrected chi connectivity index (χ3v) is 3.85. The average molecular weight is 268 g/mol. The summed E-state index contributed by atoms with van der Waals surface area (Å²) < 4.78 is 5.23. The molecule has 0 unspecified atom stereocenters. The Morgan fingerprint density at radius 1 is 0.895 bits per heavy atom. The summed E-state index contributed by atoms with van der Waals surface area (Å²) in [5.74, 6) is 0. The van der Waals surface area contributed by atoms with E-state index in [1.807, 2.05) is 0 Å². The summed E-state index contributed by atoms with van der Waals surface area (Å²) in [6.07, 6.45) is 19.7. The molecular formula is C17H32O2. The van der Waals surface area contributed by atoms with Crippen molar-refractivity contribution < 1.29 is 9.84 Å². The quantitative estimate of drug-likeness (QED) is 0.300. The summed E-state index contributed by atoms with van der Waals surface area (Å²) in [6.45, 7) is 2.43. The highest BCUT2D eigenvalue weighted by molar-refractivity contribution is 5.02. The molecule has 0 bridgehead atoms. The lowest BCUT2D eigenvalue weighted by atomic mass is 10.1. The summed E-state index contributed by atoms with van der Waals surface area (Å²) in [5, 5.41) is 8.81. The number of hydrogen-bond acceptors (Lipinski definition) is 2. The number of hydrogen-bond donors (Lipinski definition) is 1. The second-order valence-electron chi connectivity index (χ2n) is 5.72. The molecule has 19 heavy (non-hydrogen) atoms. The molecule has 1 fully saturated rings. The number of allylic oxidation sites excluding steroid dienone is 1. The first kappa shape index (κ1) is 16.7. The van der Waals surface area contributed by atoms with Crippen molar-refractivity contribution in [3.63, 3.8) is 0 Å². The Hall–Kier alpha value is -0.340. The van der Waals surface area contributed by atoms with Crippen LogP contribution in [0.25, 0.3) is 0 Å². The number of rotatable bonds is 13. The van der Waals surface area contributed by atoms with E-state index in [2.05, 4.69) is 19.1 Å². The van der Waals surface area contributed by atoms with Crippen LogP contribution in [0.2, 0.25) is 0 Å². The van der Waals surface area contributed by atoms with Gasteiger partial charge in [-0.3, -0.25) is 0 Å². The summed E-state index contributed by atoms with van der Waals surface area (Å²) in [7, 11) is 0. The van der Waals surface area contributed by atoms with E-state index in [9.17, 15) is 0 Å². The molecular weight excluding hydrogens is 236 g/mol. The molecule has 1 aliphatic heterocycles. The second-order valence-corrected chi connectivity index (χ2v) is 5.72. The molecule has 0 radical (unpaired) electrons. The molecule has 2 atom stereocenters. The van der Waals surface area contributed by atoms with Gasteiger partial charge < -0.3 is 9.84 Å². The zero-order valence-electron chi connectivity index (χ0n) is 12.7. The van der Waals surface area contributed by atoms with Crippen LogP contribution < -0.4 is 0 Å². The minimum atomic E-state index is 0.0870. The lowest BCUT2D eigenvalue weighted by molar-refractivity contribution is 0.243. The molecule has 0 aliphatic carbocycles. The van der Waals surface area contributed by atoms with Crippen LogP contribution in [0.4, 0.5) is 0 Å². The van der Waals surface area contributed by atoms with Gasteiger partial charge in [0.2, 0.25) is 0 Å². The van der Waals surface area contributed by atoms with Gasteiger partial charge in [-0.2, -0.15) is 0 Å². The highest BCUT2D eigenvalue weighted by atomic mass is 16.6. The minimum Gasteiger partial charge on any atom is -0.394 e. The monoisotopic (exact) mass is 268 g/mol. The van der Waals surface area contributed by atoms with Gasteiger partial charge in [-0.15, -0.1) is 0 Å². The topological polar surface area (TPSA) is 32.8 Å². The Kier molecular flexibility index (Phi) is 10.1. The van der Waals surface area contributed by atoms with Crippen LogP contribution in [-0.2, 0) is 4.74 Å². The van der Waals surface area contributed by atoms with Gasteiger partial charge in [0.15, 0.2) is 0 Å². The Labute approximate surface area is 119 Å². The first-order valence-corrected chi connectivity index (χ1v) is 8.31. The largest absolute Gasteiger partial charge is 0.394 e. The molecule has 1 heterocycles. The fraction of sp³-hybridized carbons (Fsp3) is 0.882. The van der Waals surface area contributed by atoms with E-state index in [1.165, 1.54) is 64.2 Å². The fourth-order valence-corrected chi connectivity index (χ4v) is 2.45. The van der Waals surface area contributed by atoms with Gasteiger partial charge in [-0.25, -0.2) is 0 Å². The second kappa shape index (κ2) is 11.5. The van der Waals surface area contributed by atoms with Gasteiger partial charge in [0.1, 0.15) is 12.2 Å². The van der Waals surface area contributed by atoms with Gasteiger partial charge >= 0.3 is 0 Å². The van der Waals surface area contributed by atoms with E-state index >= 15 is 0 Å². The maximum absolute atomic E-state index is 8.81. The van der Waals surface area contributed by atoms with Gasteiger partial charge in [0.25, 0.3) is 0 Å². The molecule has 0 saturated carbocycles. The minimum absolute atomic E-state index is 0.0870. The number of aliphatic hydroxyl groups excluding tert-OH is 1. The van der Waals surface area contributed by atoms with E-state index in [4.69, 9.17) is 9.84 Å². The Bertz CT molecular complexity index is 225. The van der Waals surface area contributed by atoms with Crippen molar-refractivity contribution in [3.8, 4) is 0 Å². The van der Waals surface area contributed by atoms with Crippen LogP contribution >= 0.6 is 0 Å². The zero-order chi connectivity index (χ0) is 13.8. The van der Waals surface area contributed by atoms with Crippen LogP contribution in [0.5, 0.6) is 0 Å². The molecule has 1 aliphatic rings. The van der Waals surface area contributed by atoms with Crippen molar-refractivity contribution in [2.24, 2.45) is 0 Å². The molecule has 0 aromatic carbocycles. The Balaban J connectivity index is 1.72. The molecule has 112 valence electrons. The molecule has 2 heteroatoms. The van der Waals surface area contributed by atoms with Crippen LogP contribution in [0.15, 0.2) is 12.2 Å². The first-order valence-electron chi connectivity index (χ1n) is 8.31. The van der Waals surface area contributed by atoms with Crippen molar-refractivity contribution in [1.82, 2.24) is 0 Å². The lowest BCUT2D eigenvalue weighted by Crippen LogP contribution is -1.95. The SMILES string of the molecule is CCCCCCCCCCCC/C=C\[C@@H]1O[C@H]1CO. The first-order chi connectivity index (χ1) is 9.38. The molecule has 1 rings (SSSR count). The molecule has 2 nitrogen and oxygen atoms in total. The van der Waals surface area contributed by atoms with Crippen LogP contribution in [0.3, 0.4) is 0 Å². The smallest absolute Gasteiger partial charge is 0.111 e. The Morgan fingerprint density at radius 3 is 2.00 bits per heavy atom. The van der Waals surface area contributed by atoms with Crippen molar-refractivity contribution in [2.45, 2.75) is 89.8 Å². The summed E-state index contributed by atoms with van der Waals surface area (Å²) >= 11 is 0. The van der Waals surface area contributed by atoms with E-state index < -0.39 is 0 Å². The maximum Gasteiger partial charge on any atom is 0.111 e. The predicted octanol–water partition coefficient (Wildman–Crippen LogP) is 4.61. The van der Waals surface area contributed by atoms with Crippen LogP contribution in [-0.4, -0.2) is 23.9 Å². The van der Waals surface area contributed by atoms with E-state index in [0.717, 1.165) is 6.42 Å². The van der Waals surface area contributed by atoms with E-state index in [-0.39, 0.29) is 18.8 Å². The summed E-state index contributed by atoms with van der Waals surface area (Å²) in [4.78, 5) is 0. The van der Waals surface area contributed by atoms with E-state index in [0.29, 0.717) is 0 Å². The lowest BCUT2D eigenvalue weighted by Gasteiger charge is -2.01. The van der Waals surface area contributed by atoms with Crippen molar-refractivity contribution >= 4 is 0 Å². The highest BCUT2D eigenvalue weighted by Crippen LogP contribution is 2.22. The third kappa shape index (κ3) is 9.23. The molecule has 0 aromatic heterocycles. The van der Waals surface area contributed by atoms with Gasteiger partial charge in [-0.1, -0.05) is 76.9 Å². The standard InChI is InChI=1S/C17H32O2/c1-2-3-4-5-6-7-8-9-10-11-12-13-14-16-17(15-18)19-16/h13-14,16-18H,2-12,15H2,1H3/b14-13-/t16-,17-/m0/s1. The fourth-order valence-electron chi connectivity index (χ4n) is 2.45. The highest BCUT2D eigenvalue weighted by Gasteiger charge is 2.35. The van der Waals surface area contributed by atoms with Gasteiger partial charge in [-0.05, 0) is 12.8 Å². The summed E-state index contributed by atoms with van der Waals surface area (Å²) in [5.41, 5.74) is 0. The number of aliphatic hydroxyl groups is 1.